The lowest BCUT2D eigenvalue weighted by molar-refractivity contribution is 0.182. The summed E-state index contributed by atoms with van der Waals surface area (Å²) < 4.78 is 10.3. The van der Waals surface area contributed by atoms with Crippen LogP contribution in [0.2, 0.25) is 0 Å². The molecule has 3 heterocycles. The molecule has 1 saturated heterocycles. The Kier molecular flexibility index (Phi) is 2.40. The average Bonchev–Trinajstić information content (AvgIpc) is 3.03. The molecule has 1 fully saturated rings. The van der Waals surface area contributed by atoms with Gasteiger partial charge >= 0.3 is 0 Å². The van der Waals surface area contributed by atoms with Crippen LogP contribution in [0.4, 0.5) is 0 Å². The third-order valence-corrected chi connectivity index (χ3v) is 3.35. The number of hydrogen-bond acceptors (Lipinski definition) is 7. The lowest BCUT2D eigenvalue weighted by Gasteiger charge is -2.35. The van der Waals surface area contributed by atoms with E-state index in [0.717, 1.165) is 30.9 Å². The molecule has 17 heavy (non-hydrogen) atoms. The van der Waals surface area contributed by atoms with Crippen LogP contribution in [0.25, 0.3) is 0 Å². The van der Waals surface area contributed by atoms with Crippen molar-refractivity contribution < 1.29 is 9.05 Å². The van der Waals surface area contributed by atoms with E-state index in [4.69, 9.17) is 9.05 Å². The molecule has 2 atom stereocenters. The molecule has 3 rings (SSSR count). The molecule has 0 saturated carbocycles. The maximum atomic E-state index is 5.16. The van der Waals surface area contributed by atoms with Gasteiger partial charge in [0.25, 0.3) is 0 Å². The number of nitrogens with zero attached hydrogens (tertiary/aromatic N) is 4. The number of aromatic nitrogens is 4. The minimum atomic E-state index is -0.265. The van der Waals surface area contributed by atoms with E-state index in [1.807, 2.05) is 0 Å². The quantitative estimate of drug-likeness (QED) is 0.824. The van der Waals surface area contributed by atoms with Gasteiger partial charge in [0.2, 0.25) is 0 Å². The first-order valence-corrected chi connectivity index (χ1v) is 5.58. The number of rotatable bonds is 2. The molecule has 0 amide bonds. The molecule has 90 valence electrons. The van der Waals surface area contributed by atoms with Crippen LogP contribution in [0, 0.1) is 0 Å². The van der Waals surface area contributed by atoms with Crippen LogP contribution in [0.5, 0.6) is 0 Å². The van der Waals surface area contributed by atoms with Crippen molar-refractivity contribution in [3.63, 3.8) is 0 Å². The van der Waals surface area contributed by atoms with Gasteiger partial charge in [0.15, 0.2) is 11.5 Å². The van der Waals surface area contributed by atoms with E-state index in [1.54, 1.807) is 12.4 Å². The topological polar surface area (TPSA) is 89.9 Å². The Bertz CT molecular complexity index is 469. The second-order valence-corrected chi connectivity index (χ2v) is 4.55. The van der Waals surface area contributed by atoms with Crippen molar-refractivity contribution in [2.45, 2.75) is 31.2 Å². The number of piperidine rings is 1. The maximum Gasteiger partial charge on any atom is 0.176 e. The molecule has 0 radical (unpaired) electrons. The van der Waals surface area contributed by atoms with Crippen molar-refractivity contribution in [2.24, 2.45) is 0 Å². The summed E-state index contributed by atoms with van der Waals surface area (Å²) in [6, 6.07) is 0. The highest BCUT2D eigenvalue weighted by Crippen LogP contribution is 2.37. The van der Waals surface area contributed by atoms with E-state index in [1.165, 1.54) is 0 Å². The highest BCUT2D eigenvalue weighted by molar-refractivity contribution is 5.12. The Hall–Kier alpha value is -1.76. The summed E-state index contributed by atoms with van der Waals surface area (Å²) in [7, 11) is 0. The van der Waals surface area contributed by atoms with Crippen molar-refractivity contribution in [2.75, 3.05) is 6.54 Å². The summed E-state index contributed by atoms with van der Waals surface area (Å²) in [5, 5.41) is 17.9. The summed E-state index contributed by atoms with van der Waals surface area (Å²) >= 11 is 0. The van der Waals surface area contributed by atoms with Crippen LogP contribution in [-0.4, -0.2) is 27.3 Å². The Morgan fingerprint density at radius 1 is 1.29 bits per heavy atom. The normalized spacial score (nSPS) is 29.4. The van der Waals surface area contributed by atoms with Gasteiger partial charge in [-0.15, -0.1) is 10.2 Å². The van der Waals surface area contributed by atoms with Gasteiger partial charge < -0.3 is 14.4 Å². The fraction of sp³-hybridized carbons (Fsp3) is 0.600. The Balaban J connectivity index is 1.84. The van der Waals surface area contributed by atoms with Gasteiger partial charge in [-0.3, -0.25) is 0 Å². The molecule has 2 unspecified atom stereocenters. The van der Waals surface area contributed by atoms with Gasteiger partial charge in [0.1, 0.15) is 0 Å². The molecular formula is C10H13N5O2. The first-order valence-electron chi connectivity index (χ1n) is 5.58. The van der Waals surface area contributed by atoms with Gasteiger partial charge in [0, 0.05) is 16.5 Å². The highest BCUT2D eigenvalue weighted by atomic mass is 16.5. The van der Waals surface area contributed by atoms with Gasteiger partial charge in [-0.1, -0.05) is 0 Å². The molecule has 0 aliphatic carbocycles. The van der Waals surface area contributed by atoms with Crippen molar-refractivity contribution >= 4 is 0 Å². The van der Waals surface area contributed by atoms with E-state index in [2.05, 4.69) is 33.0 Å². The molecule has 1 aliphatic heterocycles. The largest absolute Gasteiger partial charge is 0.342 e. The number of nitrogens with one attached hydrogen (secondary N) is 1. The molecule has 1 aliphatic rings. The smallest absolute Gasteiger partial charge is 0.176 e. The third kappa shape index (κ3) is 1.82. The zero-order valence-electron chi connectivity index (χ0n) is 9.46. The van der Waals surface area contributed by atoms with Crippen molar-refractivity contribution in [3.8, 4) is 0 Å². The van der Waals surface area contributed by atoms with Gasteiger partial charge in [-0.2, -0.15) is 0 Å². The Labute approximate surface area is 97.5 Å². The second kappa shape index (κ2) is 3.92. The molecule has 0 bridgehead atoms. The van der Waals surface area contributed by atoms with Crippen molar-refractivity contribution in [1.82, 2.24) is 26.1 Å². The lowest BCUT2D eigenvalue weighted by atomic mass is 9.81. The van der Waals surface area contributed by atoms with Crippen molar-refractivity contribution in [3.05, 3.63) is 23.9 Å². The van der Waals surface area contributed by atoms with Crippen LogP contribution in [0.1, 0.15) is 37.2 Å². The zero-order chi connectivity index (χ0) is 11.7. The highest BCUT2D eigenvalue weighted by Gasteiger charge is 2.38. The van der Waals surface area contributed by atoms with E-state index >= 15 is 0 Å². The van der Waals surface area contributed by atoms with E-state index in [0.29, 0.717) is 5.92 Å². The minimum absolute atomic E-state index is 0.265. The van der Waals surface area contributed by atoms with Crippen LogP contribution in [-0.2, 0) is 5.54 Å². The van der Waals surface area contributed by atoms with Gasteiger partial charge in [-0.05, 0) is 26.3 Å². The molecule has 0 aromatic carbocycles. The average molecular weight is 235 g/mol. The van der Waals surface area contributed by atoms with Crippen LogP contribution < -0.4 is 5.32 Å². The Morgan fingerprint density at radius 2 is 2.12 bits per heavy atom. The number of hydrogen-bond donors (Lipinski definition) is 1. The predicted octanol–water partition coefficient (Wildman–Crippen LogP) is 0.835. The van der Waals surface area contributed by atoms with E-state index in [-0.39, 0.29) is 5.54 Å². The molecule has 2 aromatic heterocycles. The van der Waals surface area contributed by atoms with Gasteiger partial charge in [0.05, 0.1) is 17.9 Å². The van der Waals surface area contributed by atoms with Gasteiger partial charge in [-0.25, -0.2) is 0 Å². The van der Waals surface area contributed by atoms with E-state index < -0.39 is 0 Å². The molecule has 1 N–H and O–H groups in total. The summed E-state index contributed by atoms with van der Waals surface area (Å²) in [5.41, 5.74) is -0.265. The van der Waals surface area contributed by atoms with Crippen LogP contribution in [0.15, 0.2) is 21.4 Å². The molecule has 2 aromatic rings. The van der Waals surface area contributed by atoms with Crippen molar-refractivity contribution in [1.29, 1.82) is 0 Å². The summed E-state index contributed by atoms with van der Waals surface area (Å²) in [4.78, 5) is 0. The predicted molar refractivity (Wildman–Crippen MR) is 55.9 cm³/mol. The zero-order valence-corrected chi connectivity index (χ0v) is 9.46. The molecular weight excluding hydrogens is 222 g/mol. The molecule has 7 heteroatoms. The molecule has 7 nitrogen and oxygen atoms in total. The summed E-state index contributed by atoms with van der Waals surface area (Å²) in [5.74, 6) is 1.86. The monoisotopic (exact) mass is 235 g/mol. The second-order valence-electron chi connectivity index (χ2n) is 4.55. The maximum absolute atomic E-state index is 5.16. The first-order chi connectivity index (χ1) is 8.28. The minimum Gasteiger partial charge on any atom is -0.342 e. The van der Waals surface area contributed by atoms with E-state index in [9.17, 15) is 0 Å². The standard InChI is InChI=1S/C10H13N5O2/c1-10(9-6-13-15-17-9)4-7(2-3-11-10)8-5-12-14-16-8/h5-7,11H,2-4H2,1H3. The van der Waals surface area contributed by atoms with Crippen LogP contribution >= 0.6 is 0 Å². The lowest BCUT2D eigenvalue weighted by Crippen LogP contribution is -2.45. The Morgan fingerprint density at radius 3 is 2.82 bits per heavy atom. The molecule has 0 spiro atoms. The summed E-state index contributed by atoms with van der Waals surface area (Å²) in [6.07, 6.45) is 5.16. The summed E-state index contributed by atoms with van der Waals surface area (Å²) in [6.45, 7) is 2.95. The first kappa shape index (κ1) is 10.4. The fourth-order valence-corrected chi connectivity index (χ4v) is 2.38. The third-order valence-electron chi connectivity index (χ3n) is 3.35. The SMILES string of the molecule is CC1(c2cnno2)CC(c2cnno2)CCN1. The van der Waals surface area contributed by atoms with Crippen LogP contribution in [0.3, 0.4) is 0 Å². The fourth-order valence-electron chi connectivity index (χ4n) is 2.38.